The van der Waals surface area contributed by atoms with Crippen LogP contribution in [0.5, 0.6) is 0 Å². The molecule has 3 nitrogen and oxygen atoms in total. The maximum absolute atomic E-state index is 12.9. The molecule has 2 aromatic rings. The summed E-state index contributed by atoms with van der Waals surface area (Å²) in [4.78, 5) is 0.334. The first kappa shape index (κ1) is 18.4. The van der Waals surface area contributed by atoms with Crippen molar-refractivity contribution >= 4 is 10.0 Å². The average molecular weight is 365 g/mol. The Morgan fingerprint density at radius 3 is 2.31 bits per heavy atom. The number of sulfonamides is 1. The molecular weight excluding hydrogens is 342 g/mol. The molecule has 0 radical (unpaired) electrons. The third kappa shape index (κ3) is 4.03. The Balaban J connectivity index is 1.74. The van der Waals surface area contributed by atoms with Gasteiger partial charge < -0.3 is 0 Å². The first-order valence-corrected chi connectivity index (χ1v) is 10.1. The number of benzene rings is 2. The van der Waals surface area contributed by atoms with Gasteiger partial charge in [0.15, 0.2) is 0 Å². The average Bonchev–Trinajstić information content (AvgIpc) is 3.07. The van der Waals surface area contributed by atoms with Crippen molar-refractivity contribution in [1.82, 2.24) is 4.31 Å². The van der Waals surface area contributed by atoms with Crippen LogP contribution in [0.2, 0.25) is 0 Å². The van der Waals surface area contributed by atoms with Crippen LogP contribution in [0.4, 0.5) is 0 Å². The predicted molar refractivity (Wildman–Crippen MR) is 106 cm³/mol. The van der Waals surface area contributed by atoms with Crippen LogP contribution in [0.3, 0.4) is 0 Å². The van der Waals surface area contributed by atoms with Crippen molar-refractivity contribution in [1.29, 1.82) is 0 Å². The van der Waals surface area contributed by atoms with Gasteiger partial charge in [0.05, 0.1) is 4.90 Å². The van der Waals surface area contributed by atoms with Crippen molar-refractivity contribution in [3.63, 3.8) is 0 Å². The van der Waals surface area contributed by atoms with Crippen LogP contribution in [-0.4, -0.2) is 25.8 Å². The van der Waals surface area contributed by atoms with E-state index in [2.05, 4.69) is 24.8 Å². The number of aryl methyl sites for hydroxylation is 1. The van der Waals surface area contributed by atoms with E-state index in [-0.39, 0.29) is 0 Å². The van der Waals surface area contributed by atoms with Gasteiger partial charge in [-0.25, -0.2) is 8.42 Å². The number of allylic oxidation sites excluding steroid dienone is 1. The third-order valence-electron chi connectivity index (χ3n) is 4.53. The van der Waals surface area contributed by atoms with Crippen LogP contribution in [0.25, 0.3) is 0 Å². The van der Waals surface area contributed by atoms with Crippen LogP contribution in [-0.2, 0) is 16.4 Å². The second kappa shape index (κ2) is 7.85. The summed E-state index contributed by atoms with van der Waals surface area (Å²) in [5.74, 6) is 0. The summed E-state index contributed by atoms with van der Waals surface area (Å²) in [6, 6.07) is 17.2. The van der Waals surface area contributed by atoms with Gasteiger partial charge in [0.25, 0.3) is 0 Å². The van der Waals surface area contributed by atoms with Crippen LogP contribution < -0.4 is 0 Å². The minimum Gasteiger partial charge on any atom is -0.207 e. The number of hydrogen-bond donors (Lipinski definition) is 0. The van der Waals surface area contributed by atoms with E-state index in [0.29, 0.717) is 18.0 Å². The van der Waals surface area contributed by atoms with Crippen molar-refractivity contribution in [3.05, 3.63) is 102 Å². The Morgan fingerprint density at radius 2 is 1.65 bits per heavy atom. The molecule has 0 amide bonds. The molecule has 0 fully saturated rings. The summed E-state index contributed by atoms with van der Waals surface area (Å²) in [6.45, 7) is 6.53. The zero-order chi connectivity index (χ0) is 18.6. The zero-order valence-electron chi connectivity index (χ0n) is 14.9. The Morgan fingerprint density at radius 1 is 1.00 bits per heavy atom. The highest BCUT2D eigenvalue weighted by Gasteiger charge is 2.30. The van der Waals surface area contributed by atoms with E-state index in [9.17, 15) is 8.42 Å². The highest BCUT2D eigenvalue weighted by atomic mass is 32.2. The van der Waals surface area contributed by atoms with E-state index in [1.165, 1.54) is 9.87 Å². The first-order valence-electron chi connectivity index (χ1n) is 8.62. The smallest absolute Gasteiger partial charge is 0.207 e. The van der Waals surface area contributed by atoms with Crippen molar-refractivity contribution in [2.24, 2.45) is 0 Å². The van der Waals surface area contributed by atoms with Gasteiger partial charge in [0.2, 0.25) is 10.0 Å². The molecule has 0 aliphatic carbocycles. The minimum absolute atomic E-state index is 0.334. The number of rotatable bonds is 6. The van der Waals surface area contributed by atoms with Gasteiger partial charge in [-0.05, 0) is 42.2 Å². The van der Waals surface area contributed by atoms with Crippen molar-refractivity contribution in [2.45, 2.75) is 18.2 Å². The normalized spacial score (nSPS) is 15.7. The lowest BCUT2D eigenvalue weighted by molar-refractivity contribution is 0.483. The molecule has 0 unspecified atom stereocenters. The topological polar surface area (TPSA) is 37.4 Å². The van der Waals surface area contributed by atoms with Gasteiger partial charge in [0, 0.05) is 13.1 Å². The molecule has 0 atom stereocenters. The largest absolute Gasteiger partial charge is 0.243 e. The second-order valence-corrected chi connectivity index (χ2v) is 8.37. The third-order valence-corrected chi connectivity index (χ3v) is 6.33. The molecule has 0 bridgehead atoms. The molecule has 134 valence electrons. The SMILES string of the molecule is C=CC1=C(/C=C/Cc2ccccc2)CN(S(=O)(=O)c2ccc(C)cc2)C1. The van der Waals surface area contributed by atoms with E-state index in [4.69, 9.17) is 0 Å². The maximum Gasteiger partial charge on any atom is 0.243 e. The molecule has 1 aliphatic rings. The lowest BCUT2D eigenvalue weighted by Gasteiger charge is -2.16. The summed E-state index contributed by atoms with van der Waals surface area (Å²) in [7, 11) is -3.50. The standard InChI is InChI=1S/C22H23NO2S/c1-3-20-16-23(26(24,25)22-14-12-18(2)13-15-22)17-21(20)11-7-10-19-8-5-4-6-9-19/h3-9,11-15H,1,10,16-17H2,2H3/b11-7+. The van der Waals surface area contributed by atoms with Gasteiger partial charge in [-0.2, -0.15) is 4.31 Å². The molecule has 4 heteroatoms. The van der Waals surface area contributed by atoms with E-state index in [0.717, 1.165) is 23.1 Å². The molecule has 26 heavy (non-hydrogen) atoms. The van der Waals surface area contributed by atoms with Crippen LogP contribution in [0.1, 0.15) is 11.1 Å². The molecule has 2 aromatic carbocycles. The lowest BCUT2D eigenvalue weighted by atomic mass is 10.1. The van der Waals surface area contributed by atoms with Crippen LogP contribution in [0, 0.1) is 6.92 Å². The molecule has 0 spiro atoms. The van der Waals surface area contributed by atoms with Gasteiger partial charge >= 0.3 is 0 Å². The Labute approximate surface area is 156 Å². The molecular formula is C22H23NO2S. The summed E-state index contributed by atoms with van der Waals surface area (Å²) < 4.78 is 27.3. The predicted octanol–water partition coefficient (Wildman–Crippen LogP) is 4.28. The highest BCUT2D eigenvalue weighted by molar-refractivity contribution is 7.89. The van der Waals surface area contributed by atoms with Gasteiger partial charge in [0.1, 0.15) is 0 Å². The van der Waals surface area contributed by atoms with Gasteiger partial charge in [-0.15, -0.1) is 0 Å². The summed E-state index contributed by atoms with van der Waals surface area (Å²) >= 11 is 0. The molecule has 0 N–H and O–H groups in total. The summed E-state index contributed by atoms with van der Waals surface area (Å²) in [5.41, 5.74) is 4.24. The van der Waals surface area contributed by atoms with E-state index >= 15 is 0 Å². The first-order chi connectivity index (χ1) is 12.5. The quantitative estimate of drug-likeness (QED) is 0.766. The highest BCUT2D eigenvalue weighted by Crippen LogP contribution is 2.26. The van der Waals surface area contributed by atoms with Crippen molar-refractivity contribution in [3.8, 4) is 0 Å². The molecule has 0 saturated heterocycles. The van der Waals surface area contributed by atoms with Gasteiger partial charge in [-0.3, -0.25) is 0 Å². The fourth-order valence-corrected chi connectivity index (χ4v) is 4.37. The summed E-state index contributed by atoms with van der Waals surface area (Å²) in [5, 5.41) is 0. The Bertz CT molecular complexity index is 939. The van der Waals surface area contributed by atoms with Crippen LogP contribution in [0.15, 0.2) is 95.4 Å². The molecule has 1 heterocycles. The lowest BCUT2D eigenvalue weighted by Crippen LogP contribution is -2.29. The monoisotopic (exact) mass is 365 g/mol. The Hall–Kier alpha value is -2.43. The molecule has 0 aromatic heterocycles. The van der Waals surface area contributed by atoms with E-state index < -0.39 is 10.0 Å². The van der Waals surface area contributed by atoms with Crippen LogP contribution >= 0.6 is 0 Å². The summed E-state index contributed by atoms with van der Waals surface area (Å²) in [6.07, 6.45) is 6.68. The second-order valence-electron chi connectivity index (χ2n) is 6.43. The number of nitrogens with zero attached hydrogens (tertiary/aromatic N) is 1. The van der Waals surface area contributed by atoms with E-state index in [1.54, 1.807) is 18.2 Å². The van der Waals surface area contributed by atoms with Crippen molar-refractivity contribution < 1.29 is 8.42 Å². The van der Waals surface area contributed by atoms with Gasteiger partial charge in [-0.1, -0.05) is 72.8 Å². The molecule has 0 saturated carbocycles. The number of hydrogen-bond acceptors (Lipinski definition) is 2. The van der Waals surface area contributed by atoms with Crippen molar-refractivity contribution in [2.75, 3.05) is 13.1 Å². The Kier molecular flexibility index (Phi) is 5.55. The minimum atomic E-state index is -3.50. The zero-order valence-corrected chi connectivity index (χ0v) is 15.7. The fourth-order valence-electron chi connectivity index (χ4n) is 2.97. The maximum atomic E-state index is 12.9. The fraction of sp³-hybridized carbons (Fsp3) is 0.182. The molecule has 1 aliphatic heterocycles. The van der Waals surface area contributed by atoms with E-state index in [1.807, 2.05) is 43.3 Å². The molecule has 3 rings (SSSR count).